The summed E-state index contributed by atoms with van der Waals surface area (Å²) in [5.74, 6) is -1.73. The van der Waals surface area contributed by atoms with Crippen molar-refractivity contribution in [1.29, 1.82) is 0 Å². The summed E-state index contributed by atoms with van der Waals surface area (Å²) in [4.78, 5) is 0. The van der Waals surface area contributed by atoms with Gasteiger partial charge in [-0.3, -0.25) is 0 Å². The van der Waals surface area contributed by atoms with Crippen molar-refractivity contribution in [1.82, 2.24) is 5.32 Å². The Balaban J connectivity index is 2.48. The first-order chi connectivity index (χ1) is 8.00. The van der Waals surface area contributed by atoms with Crippen molar-refractivity contribution in [2.75, 3.05) is 19.8 Å². The Labute approximate surface area is 99.1 Å². The molecule has 3 nitrogen and oxygen atoms in total. The molecule has 0 aliphatic rings. The first kappa shape index (κ1) is 14.0. The van der Waals surface area contributed by atoms with Crippen molar-refractivity contribution < 1.29 is 19.0 Å². The summed E-state index contributed by atoms with van der Waals surface area (Å²) < 4.78 is 25.6. The van der Waals surface area contributed by atoms with Crippen LogP contribution in [-0.4, -0.2) is 35.5 Å². The molecule has 0 atom stereocenters. The molecule has 0 bridgehead atoms. The molecule has 17 heavy (non-hydrogen) atoms. The van der Waals surface area contributed by atoms with Crippen LogP contribution >= 0.6 is 0 Å². The topological polar surface area (TPSA) is 52.5 Å². The Morgan fingerprint density at radius 3 is 2.35 bits per heavy atom. The smallest absolute Gasteiger partial charge is 0.159 e. The molecular formula is C12H17F2NO2. The first-order valence-corrected chi connectivity index (χ1v) is 5.41. The molecule has 0 heterocycles. The lowest BCUT2D eigenvalue weighted by Gasteiger charge is -2.26. The Morgan fingerprint density at radius 1 is 1.18 bits per heavy atom. The van der Waals surface area contributed by atoms with E-state index in [4.69, 9.17) is 10.2 Å². The van der Waals surface area contributed by atoms with Crippen molar-refractivity contribution in [2.45, 2.75) is 18.9 Å². The molecule has 0 saturated heterocycles. The standard InChI is InChI=1S/C12H17F2NO2/c1-12(7-16,8-17)15-5-4-9-2-3-10(13)11(14)6-9/h2-3,6,15-17H,4-5,7-8H2,1H3. The van der Waals surface area contributed by atoms with Crippen LogP contribution < -0.4 is 5.32 Å². The van der Waals surface area contributed by atoms with Crippen LogP contribution in [0.4, 0.5) is 8.78 Å². The summed E-state index contributed by atoms with van der Waals surface area (Å²) >= 11 is 0. The van der Waals surface area contributed by atoms with Gasteiger partial charge in [-0.1, -0.05) is 6.07 Å². The maximum absolute atomic E-state index is 12.9. The van der Waals surface area contributed by atoms with E-state index in [9.17, 15) is 8.78 Å². The van der Waals surface area contributed by atoms with Gasteiger partial charge in [0, 0.05) is 0 Å². The number of rotatable bonds is 6. The Morgan fingerprint density at radius 2 is 1.82 bits per heavy atom. The van der Waals surface area contributed by atoms with Gasteiger partial charge in [-0.2, -0.15) is 0 Å². The summed E-state index contributed by atoms with van der Waals surface area (Å²) in [6, 6.07) is 3.74. The number of aliphatic hydroxyl groups excluding tert-OH is 2. The van der Waals surface area contributed by atoms with E-state index < -0.39 is 17.2 Å². The molecule has 0 fully saturated rings. The summed E-state index contributed by atoms with van der Waals surface area (Å²) in [5.41, 5.74) is -0.0897. The van der Waals surface area contributed by atoms with E-state index in [0.717, 1.165) is 12.1 Å². The van der Waals surface area contributed by atoms with Gasteiger partial charge in [0.2, 0.25) is 0 Å². The van der Waals surface area contributed by atoms with E-state index in [1.54, 1.807) is 6.92 Å². The maximum Gasteiger partial charge on any atom is 0.159 e. The van der Waals surface area contributed by atoms with Gasteiger partial charge in [-0.05, 0) is 37.6 Å². The molecule has 0 aliphatic carbocycles. The van der Waals surface area contributed by atoms with E-state index in [2.05, 4.69) is 5.32 Å². The lowest BCUT2D eigenvalue weighted by molar-refractivity contribution is 0.105. The van der Waals surface area contributed by atoms with Crippen molar-refractivity contribution in [3.8, 4) is 0 Å². The Kier molecular flexibility index (Phi) is 4.99. The molecule has 0 aliphatic heterocycles. The zero-order chi connectivity index (χ0) is 12.9. The summed E-state index contributed by atoms with van der Waals surface area (Å²) in [6.45, 7) is 1.75. The summed E-state index contributed by atoms with van der Waals surface area (Å²) in [5, 5.41) is 21.0. The third-order valence-corrected chi connectivity index (χ3v) is 2.65. The Hall–Kier alpha value is -1.04. The van der Waals surface area contributed by atoms with Crippen LogP contribution in [-0.2, 0) is 6.42 Å². The van der Waals surface area contributed by atoms with E-state index in [-0.39, 0.29) is 13.2 Å². The normalized spacial score (nSPS) is 11.8. The summed E-state index contributed by atoms with van der Waals surface area (Å²) in [6.07, 6.45) is 0.493. The minimum Gasteiger partial charge on any atom is -0.394 e. The van der Waals surface area contributed by atoms with Gasteiger partial charge in [0.05, 0.1) is 18.8 Å². The SMILES string of the molecule is CC(CO)(CO)NCCc1ccc(F)c(F)c1. The monoisotopic (exact) mass is 245 g/mol. The molecule has 0 spiro atoms. The molecule has 1 aromatic carbocycles. The minimum atomic E-state index is -0.866. The van der Waals surface area contributed by atoms with Gasteiger partial charge >= 0.3 is 0 Å². The van der Waals surface area contributed by atoms with Crippen LogP contribution in [0.3, 0.4) is 0 Å². The van der Waals surface area contributed by atoms with Gasteiger partial charge in [0.25, 0.3) is 0 Å². The van der Waals surface area contributed by atoms with Gasteiger partial charge in [0.15, 0.2) is 11.6 Å². The fourth-order valence-corrected chi connectivity index (χ4v) is 1.37. The molecule has 5 heteroatoms. The number of aliphatic hydroxyl groups is 2. The van der Waals surface area contributed by atoms with Gasteiger partial charge in [-0.25, -0.2) is 8.78 Å². The van der Waals surface area contributed by atoms with Crippen LogP contribution in [0.1, 0.15) is 12.5 Å². The molecule has 96 valence electrons. The fourth-order valence-electron chi connectivity index (χ4n) is 1.37. The average Bonchev–Trinajstić information content (AvgIpc) is 2.33. The molecular weight excluding hydrogens is 228 g/mol. The number of nitrogens with one attached hydrogen (secondary N) is 1. The van der Waals surface area contributed by atoms with Crippen LogP contribution in [0.25, 0.3) is 0 Å². The zero-order valence-electron chi connectivity index (χ0n) is 9.71. The third kappa shape index (κ3) is 4.03. The predicted octanol–water partition coefficient (Wildman–Crippen LogP) is 0.840. The van der Waals surface area contributed by atoms with E-state index in [1.165, 1.54) is 6.07 Å². The number of hydrogen-bond donors (Lipinski definition) is 3. The maximum atomic E-state index is 12.9. The molecule has 0 unspecified atom stereocenters. The fraction of sp³-hybridized carbons (Fsp3) is 0.500. The highest BCUT2D eigenvalue weighted by molar-refractivity contribution is 5.18. The van der Waals surface area contributed by atoms with Crippen LogP contribution in [0.15, 0.2) is 18.2 Å². The quantitative estimate of drug-likeness (QED) is 0.696. The highest BCUT2D eigenvalue weighted by Gasteiger charge is 2.20. The van der Waals surface area contributed by atoms with Crippen molar-refractivity contribution in [2.24, 2.45) is 0 Å². The van der Waals surface area contributed by atoms with E-state index in [0.29, 0.717) is 18.5 Å². The predicted molar refractivity (Wildman–Crippen MR) is 60.6 cm³/mol. The second-order valence-corrected chi connectivity index (χ2v) is 4.30. The van der Waals surface area contributed by atoms with E-state index >= 15 is 0 Å². The summed E-state index contributed by atoms with van der Waals surface area (Å²) in [7, 11) is 0. The Bertz CT molecular complexity index is 368. The van der Waals surface area contributed by atoms with Crippen LogP contribution in [0.5, 0.6) is 0 Å². The van der Waals surface area contributed by atoms with Crippen LogP contribution in [0, 0.1) is 11.6 Å². The van der Waals surface area contributed by atoms with Gasteiger partial charge in [0.1, 0.15) is 0 Å². The molecule has 0 aromatic heterocycles. The number of hydrogen-bond acceptors (Lipinski definition) is 3. The van der Waals surface area contributed by atoms with Crippen molar-refractivity contribution in [3.63, 3.8) is 0 Å². The largest absolute Gasteiger partial charge is 0.394 e. The van der Waals surface area contributed by atoms with Gasteiger partial charge in [-0.15, -0.1) is 0 Å². The molecule has 3 N–H and O–H groups in total. The van der Waals surface area contributed by atoms with E-state index in [1.807, 2.05) is 0 Å². The molecule has 1 aromatic rings. The van der Waals surface area contributed by atoms with Crippen LogP contribution in [0.2, 0.25) is 0 Å². The lowest BCUT2D eigenvalue weighted by atomic mass is 10.0. The molecule has 0 amide bonds. The third-order valence-electron chi connectivity index (χ3n) is 2.65. The minimum absolute atomic E-state index is 0.193. The zero-order valence-corrected chi connectivity index (χ0v) is 9.71. The van der Waals surface area contributed by atoms with Crippen molar-refractivity contribution in [3.05, 3.63) is 35.4 Å². The van der Waals surface area contributed by atoms with Crippen molar-refractivity contribution >= 4 is 0 Å². The lowest BCUT2D eigenvalue weighted by Crippen LogP contribution is -2.49. The number of benzene rings is 1. The second-order valence-electron chi connectivity index (χ2n) is 4.30. The first-order valence-electron chi connectivity index (χ1n) is 5.41. The highest BCUT2D eigenvalue weighted by atomic mass is 19.2. The molecule has 0 radical (unpaired) electrons. The number of halogens is 2. The molecule has 0 saturated carbocycles. The average molecular weight is 245 g/mol. The highest BCUT2D eigenvalue weighted by Crippen LogP contribution is 2.09. The van der Waals surface area contributed by atoms with Gasteiger partial charge < -0.3 is 15.5 Å². The second kappa shape index (κ2) is 6.05. The molecule has 1 rings (SSSR count).